The van der Waals surface area contributed by atoms with E-state index in [9.17, 15) is 14.4 Å². The molecule has 0 radical (unpaired) electrons. The number of nitrogens with one attached hydrogen (secondary N) is 3. The number of fused-ring (bicyclic) bond motifs is 1. The number of hydrogen-bond acceptors (Lipinski definition) is 4. The molecule has 1 aromatic heterocycles. The second-order valence-corrected chi connectivity index (χ2v) is 7.29. The molecule has 2 heterocycles. The molecule has 0 aliphatic carbocycles. The Labute approximate surface area is 175 Å². The molecule has 1 unspecified atom stereocenters. The van der Waals surface area contributed by atoms with Crippen molar-refractivity contribution < 1.29 is 14.4 Å². The van der Waals surface area contributed by atoms with Crippen LogP contribution in [0.15, 0.2) is 30.3 Å². The first-order valence-electron chi connectivity index (χ1n) is 9.97. The number of imide groups is 1. The van der Waals surface area contributed by atoms with Crippen molar-refractivity contribution in [1.82, 2.24) is 15.6 Å². The monoisotopic (exact) mass is 409 g/mol. The zero-order chi connectivity index (χ0) is 21.8. The molecule has 30 heavy (non-hydrogen) atoms. The highest BCUT2D eigenvalue weighted by Crippen LogP contribution is 2.37. The second kappa shape index (κ2) is 8.96. The summed E-state index contributed by atoms with van der Waals surface area (Å²) in [6.45, 7) is 6.23. The van der Waals surface area contributed by atoms with Crippen LogP contribution in [-0.2, 0) is 9.59 Å². The van der Waals surface area contributed by atoms with Crippen molar-refractivity contribution in [3.05, 3.63) is 52.8 Å². The van der Waals surface area contributed by atoms with E-state index in [0.29, 0.717) is 23.4 Å². The van der Waals surface area contributed by atoms with E-state index >= 15 is 0 Å². The van der Waals surface area contributed by atoms with Gasteiger partial charge in [-0.25, -0.2) is 9.69 Å². The molecule has 4 amide bonds. The zero-order valence-electron chi connectivity index (χ0n) is 17.4. The van der Waals surface area contributed by atoms with E-state index in [1.165, 1.54) is 0 Å². The average molecular weight is 409 g/mol. The molecular weight excluding hydrogens is 382 g/mol. The minimum Gasteiger partial charge on any atom is -0.359 e. The topological polar surface area (TPSA) is 120 Å². The van der Waals surface area contributed by atoms with E-state index in [1.807, 2.05) is 32.9 Å². The van der Waals surface area contributed by atoms with Gasteiger partial charge in [-0.3, -0.25) is 9.59 Å². The number of aromatic nitrogens is 1. The van der Waals surface area contributed by atoms with Crippen LogP contribution in [0.3, 0.4) is 0 Å². The molecule has 8 nitrogen and oxygen atoms in total. The van der Waals surface area contributed by atoms with Gasteiger partial charge in [0.1, 0.15) is 6.04 Å². The molecule has 0 saturated heterocycles. The van der Waals surface area contributed by atoms with Crippen molar-refractivity contribution in [1.29, 1.82) is 0 Å². The van der Waals surface area contributed by atoms with Crippen molar-refractivity contribution in [2.24, 2.45) is 5.73 Å². The third kappa shape index (κ3) is 4.13. The number of aryl methyl sites for hydroxylation is 2. The molecule has 0 fully saturated rings. The first-order valence-corrected chi connectivity index (χ1v) is 9.97. The fourth-order valence-electron chi connectivity index (χ4n) is 3.44. The van der Waals surface area contributed by atoms with Gasteiger partial charge in [-0.05, 0) is 44.0 Å². The maximum absolute atomic E-state index is 13.2. The summed E-state index contributed by atoms with van der Waals surface area (Å²) in [5.74, 6) is -0.828. The number of para-hydroxylation sites is 1. The lowest BCUT2D eigenvalue weighted by Gasteiger charge is -2.21. The second-order valence-electron chi connectivity index (χ2n) is 7.29. The van der Waals surface area contributed by atoms with Gasteiger partial charge < -0.3 is 21.4 Å². The predicted molar refractivity (Wildman–Crippen MR) is 117 cm³/mol. The molecule has 8 heteroatoms. The van der Waals surface area contributed by atoms with Crippen LogP contribution in [0.5, 0.6) is 0 Å². The van der Waals surface area contributed by atoms with Crippen LogP contribution in [0.4, 0.5) is 10.5 Å². The van der Waals surface area contributed by atoms with Crippen molar-refractivity contribution in [3.63, 3.8) is 0 Å². The molecule has 1 atom stereocenters. The maximum Gasteiger partial charge on any atom is 0.329 e. The number of nitrogens with zero attached hydrogens (tertiary/aromatic N) is 1. The van der Waals surface area contributed by atoms with E-state index in [2.05, 4.69) is 15.6 Å². The largest absolute Gasteiger partial charge is 0.359 e. The van der Waals surface area contributed by atoms with E-state index in [0.717, 1.165) is 28.3 Å². The smallest absolute Gasteiger partial charge is 0.329 e. The SMILES string of the molecule is CCCNC(=O)C(CN)NC(=O)N1C(=O)/C(=C\c2[nH]c(C)cc2C)c2ccccc21. The van der Waals surface area contributed by atoms with Crippen molar-refractivity contribution in [3.8, 4) is 0 Å². The number of aromatic amines is 1. The third-order valence-electron chi connectivity index (χ3n) is 4.95. The highest BCUT2D eigenvalue weighted by Gasteiger charge is 2.37. The summed E-state index contributed by atoms with van der Waals surface area (Å²) >= 11 is 0. The molecule has 0 spiro atoms. The molecule has 1 aliphatic rings. The standard InChI is InChI=1S/C22H27N5O3/c1-4-9-24-20(28)18(12-23)26-22(30)27-19-8-6-5-7-15(19)16(21(27)29)11-17-13(2)10-14(3)25-17/h5-8,10-11,18,25H,4,9,12,23H2,1-3H3,(H,24,28)(H,26,30)/b16-11-. The maximum atomic E-state index is 13.2. The fourth-order valence-corrected chi connectivity index (χ4v) is 3.44. The Morgan fingerprint density at radius 3 is 2.63 bits per heavy atom. The normalized spacial score (nSPS) is 15.3. The van der Waals surface area contributed by atoms with Crippen molar-refractivity contribution in [2.45, 2.75) is 33.2 Å². The summed E-state index contributed by atoms with van der Waals surface area (Å²) in [5, 5.41) is 5.29. The molecule has 0 bridgehead atoms. The fraction of sp³-hybridized carbons (Fsp3) is 0.318. The summed E-state index contributed by atoms with van der Waals surface area (Å²) in [7, 11) is 0. The minimum atomic E-state index is -0.926. The Kier molecular flexibility index (Phi) is 6.37. The van der Waals surface area contributed by atoms with Crippen LogP contribution >= 0.6 is 0 Å². The number of carbonyl (C=O) groups is 3. The molecule has 5 N–H and O–H groups in total. The lowest BCUT2D eigenvalue weighted by molar-refractivity contribution is -0.122. The van der Waals surface area contributed by atoms with E-state index < -0.39 is 18.0 Å². The van der Waals surface area contributed by atoms with Crippen LogP contribution in [0.2, 0.25) is 0 Å². The number of urea groups is 1. The Balaban J connectivity index is 1.90. The summed E-state index contributed by atoms with van der Waals surface area (Å²) < 4.78 is 0. The third-order valence-corrected chi connectivity index (χ3v) is 4.95. The lowest BCUT2D eigenvalue weighted by Crippen LogP contribution is -2.55. The lowest BCUT2D eigenvalue weighted by atomic mass is 10.1. The Morgan fingerprint density at radius 1 is 1.27 bits per heavy atom. The van der Waals surface area contributed by atoms with Crippen LogP contribution in [-0.4, -0.2) is 42.0 Å². The van der Waals surface area contributed by atoms with Crippen LogP contribution < -0.4 is 21.3 Å². The summed E-state index contributed by atoms with van der Waals surface area (Å²) in [5.41, 5.74) is 10.0. The van der Waals surface area contributed by atoms with Crippen molar-refractivity contribution in [2.75, 3.05) is 18.0 Å². The highest BCUT2D eigenvalue weighted by atomic mass is 16.2. The highest BCUT2D eigenvalue weighted by molar-refractivity contribution is 6.42. The molecule has 1 aromatic carbocycles. The van der Waals surface area contributed by atoms with Crippen molar-refractivity contribution >= 4 is 35.2 Å². The van der Waals surface area contributed by atoms with E-state index in [4.69, 9.17) is 5.73 Å². The first-order chi connectivity index (χ1) is 14.4. The number of H-pyrrole nitrogens is 1. The molecular formula is C22H27N5O3. The van der Waals surface area contributed by atoms with Gasteiger partial charge in [0.25, 0.3) is 5.91 Å². The molecule has 2 aromatic rings. The van der Waals surface area contributed by atoms with Gasteiger partial charge in [0, 0.05) is 30.0 Å². The Morgan fingerprint density at radius 2 is 2.00 bits per heavy atom. The molecule has 3 rings (SSSR count). The Hall–Kier alpha value is -3.39. The molecule has 0 saturated carbocycles. The van der Waals surface area contributed by atoms with Gasteiger partial charge >= 0.3 is 6.03 Å². The van der Waals surface area contributed by atoms with Gasteiger partial charge in [-0.1, -0.05) is 25.1 Å². The van der Waals surface area contributed by atoms with Gasteiger partial charge in [0.2, 0.25) is 5.91 Å². The number of rotatable bonds is 6. The van der Waals surface area contributed by atoms with E-state index in [-0.39, 0.29) is 12.5 Å². The summed E-state index contributed by atoms with van der Waals surface area (Å²) in [6.07, 6.45) is 2.52. The minimum absolute atomic E-state index is 0.0748. The van der Waals surface area contributed by atoms with Crippen LogP contribution in [0.1, 0.15) is 35.9 Å². The first kappa shape index (κ1) is 21.3. The average Bonchev–Trinajstić information content (AvgIpc) is 3.19. The number of nitrogens with two attached hydrogens (primary N) is 1. The zero-order valence-corrected chi connectivity index (χ0v) is 17.4. The quantitative estimate of drug-likeness (QED) is 0.546. The number of benzene rings is 1. The predicted octanol–water partition coefficient (Wildman–Crippen LogP) is 2.08. The Bertz CT molecular complexity index is 1010. The summed E-state index contributed by atoms with van der Waals surface area (Å²) in [6, 6.07) is 7.45. The molecule has 158 valence electrons. The van der Waals surface area contributed by atoms with Gasteiger partial charge in [-0.2, -0.15) is 0 Å². The van der Waals surface area contributed by atoms with Gasteiger partial charge in [0.15, 0.2) is 0 Å². The van der Waals surface area contributed by atoms with Crippen LogP contribution in [0.25, 0.3) is 11.6 Å². The van der Waals surface area contributed by atoms with Gasteiger partial charge in [0.05, 0.1) is 11.3 Å². The number of amides is 4. The number of anilines is 1. The van der Waals surface area contributed by atoms with E-state index in [1.54, 1.807) is 24.3 Å². The number of hydrogen-bond donors (Lipinski definition) is 4. The molecule has 1 aliphatic heterocycles. The number of carbonyl (C=O) groups excluding carboxylic acids is 3. The van der Waals surface area contributed by atoms with Gasteiger partial charge in [-0.15, -0.1) is 0 Å². The summed E-state index contributed by atoms with van der Waals surface area (Å²) in [4.78, 5) is 42.7. The van der Waals surface area contributed by atoms with Crippen LogP contribution in [0, 0.1) is 13.8 Å².